The number of H-pyrrole nitrogens is 1. The number of carbonyl (C=O) groups is 3. The number of Topliss-reactive ketones (excluding diaryl/α,β-unsaturated/α-hetero) is 1. The molecule has 55 heavy (non-hydrogen) atoms. The minimum absolute atomic E-state index is 0.0265. The van der Waals surface area contributed by atoms with Gasteiger partial charge < -0.3 is 26.8 Å². The smallest absolute Gasteiger partial charge is 0.303 e. The summed E-state index contributed by atoms with van der Waals surface area (Å²) >= 11 is 0. The lowest BCUT2D eigenvalue weighted by Crippen LogP contribution is -2.62. The van der Waals surface area contributed by atoms with Crippen LogP contribution in [0, 0.1) is 15.2 Å². The fourth-order valence-corrected chi connectivity index (χ4v) is 5.82. The third-order valence-electron chi connectivity index (χ3n) is 9.83. The van der Waals surface area contributed by atoms with Gasteiger partial charge in [-0.1, -0.05) is 31.1 Å². The number of hydroxylamine groups is 1. The van der Waals surface area contributed by atoms with Crippen LogP contribution in [0.2, 0.25) is 0 Å². The Morgan fingerprint density at radius 2 is 1.65 bits per heavy atom. The van der Waals surface area contributed by atoms with Gasteiger partial charge in [-0.25, -0.2) is 9.97 Å². The molecule has 0 saturated carbocycles. The minimum atomic E-state index is -1.61. The van der Waals surface area contributed by atoms with E-state index in [-0.39, 0.29) is 55.1 Å². The highest BCUT2D eigenvalue weighted by atomic mass is 16.6. The zero-order chi connectivity index (χ0) is 41.2. The number of nitrogens with one attached hydrogen (secondary N) is 5. The number of rotatable bonds is 22. The number of nitrogens with two attached hydrogens (primary N) is 1. The Balaban J connectivity index is 1.71. The number of carboxylic acids is 1. The molecule has 0 saturated heterocycles. The lowest BCUT2D eigenvalue weighted by Gasteiger charge is -2.44. The van der Waals surface area contributed by atoms with Crippen LogP contribution in [0.25, 0.3) is 11.2 Å². The first-order valence-electron chi connectivity index (χ1n) is 17.9. The molecule has 0 aliphatic heterocycles. The summed E-state index contributed by atoms with van der Waals surface area (Å²) < 4.78 is 0. The van der Waals surface area contributed by atoms with E-state index in [1.165, 1.54) is 6.20 Å². The third kappa shape index (κ3) is 11.6. The van der Waals surface area contributed by atoms with Crippen LogP contribution in [0.1, 0.15) is 97.1 Å². The van der Waals surface area contributed by atoms with Crippen LogP contribution < -0.4 is 32.7 Å². The monoisotopic (exact) mass is 767 g/mol. The van der Waals surface area contributed by atoms with Crippen molar-refractivity contribution >= 4 is 40.5 Å². The normalized spacial score (nSPS) is 14.4. The van der Waals surface area contributed by atoms with Crippen molar-refractivity contribution in [1.82, 2.24) is 36.0 Å². The molecule has 0 aliphatic carbocycles. The highest BCUT2D eigenvalue weighted by Gasteiger charge is 2.49. The number of aromatic amines is 1. The number of benzene rings is 1. The molecule has 19 nitrogen and oxygen atoms in total. The number of amides is 1. The number of aliphatic carboxylic acids is 1. The number of nitroso groups, excluding NO2 is 2. The molecule has 2 aromatic heterocycles. The van der Waals surface area contributed by atoms with Gasteiger partial charge in [-0.2, -0.15) is 20.3 Å². The van der Waals surface area contributed by atoms with Crippen LogP contribution in [0.4, 0.5) is 11.6 Å². The van der Waals surface area contributed by atoms with Gasteiger partial charge in [0.15, 0.2) is 16.9 Å². The van der Waals surface area contributed by atoms with Gasteiger partial charge >= 0.3 is 5.97 Å². The first-order chi connectivity index (χ1) is 25.7. The van der Waals surface area contributed by atoms with E-state index in [2.05, 4.69) is 51.7 Å². The van der Waals surface area contributed by atoms with E-state index in [0.717, 1.165) is 0 Å². The van der Waals surface area contributed by atoms with Crippen LogP contribution >= 0.6 is 0 Å². The molecule has 0 spiro atoms. The first-order valence-corrected chi connectivity index (χ1v) is 17.9. The van der Waals surface area contributed by atoms with Gasteiger partial charge in [-0.3, -0.25) is 29.0 Å². The SMILES string of the molecule is CC(N=O)C(C)(C)NOCCNC(C)(C)C(CCC(=O)[C@](CCC(=O)O)(NC(=O)c1ccc(NCc2cnc3nc(N)[nH]c(=O)c3n2)cc1)C(C)(C)C)N=O. The number of hydrogen-bond donors (Lipinski definition) is 7. The van der Waals surface area contributed by atoms with E-state index in [0.29, 0.717) is 17.9 Å². The summed E-state index contributed by atoms with van der Waals surface area (Å²) in [7, 11) is 0. The average Bonchev–Trinajstić information content (AvgIpc) is 3.11. The van der Waals surface area contributed by atoms with Crippen molar-refractivity contribution in [2.24, 2.45) is 15.8 Å². The second-order valence-corrected chi connectivity index (χ2v) is 15.6. The van der Waals surface area contributed by atoms with Crippen molar-refractivity contribution < 1.29 is 24.3 Å². The molecule has 8 N–H and O–H groups in total. The van der Waals surface area contributed by atoms with Gasteiger partial charge in [-0.05, 0) is 77.1 Å². The van der Waals surface area contributed by atoms with Crippen molar-refractivity contribution in [3.05, 3.63) is 61.9 Å². The molecule has 0 fully saturated rings. The largest absolute Gasteiger partial charge is 0.481 e. The topological polar surface area (TPSA) is 285 Å². The number of fused-ring (bicyclic) bond motifs is 1. The van der Waals surface area contributed by atoms with E-state index in [4.69, 9.17) is 10.6 Å². The molecule has 3 atom stereocenters. The number of nitrogens with zero attached hydrogens (tertiary/aromatic N) is 5. The minimum Gasteiger partial charge on any atom is -0.481 e. The van der Waals surface area contributed by atoms with Crippen molar-refractivity contribution in [2.45, 2.75) is 116 Å². The number of nitrogen functional groups attached to an aromatic ring is 1. The number of carboxylic acid groups (broad SMARTS) is 1. The van der Waals surface area contributed by atoms with Gasteiger partial charge in [0.25, 0.3) is 11.5 Å². The zero-order valence-corrected chi connectivity index (χ0v) is 32.6. The second kappa shape index (κ2) is 18.4. The Kier molecular flexibility index (Phi) is 14.7. The number of carbonyl (C=O) groups excluding carboxylic acids is 2. The summed E-state index contributed by atoms with van der Waals surface area (Å²) in [6.45, 7) is 14.7. The third-order valence-corrected chi connectivity index (χ3v) is 9.83. The lowest BCUT2D eigenvalue weighted by atomic mass is 9.67. The van der Waals surface area contributed by atoms with Crippen LogP contribution in [0.3, 0.4) is 0 Å². The molecular formula is C36H53N11O8. The highest BCUT2D eigenvalue weighted by Crippen LogP contribution is 2.37. The molecule has 19 heteroatoms. The number of anilines is 2. The van der Waals surface area contributed by atoms with Crippen molar-refractivity contribution in [1.29, 1.82) is 0 Å². The van der Waals surface area contributed by atoms with E-state index in [1.807, 2.05) is 0 Å². The Morgan fingerprint density at radius 3 is 2.25 bits per heavy atom. The molecule has 0 radical (unpaired) electrons. The molecule has 0 bridgehead atoms. The van der Waals surface area contributed by atoms with Crippen LogP contribution in [-0.2, 0) is 21.0 Å². The maximum atomic E-state index is 14.2. The van der Waals surface area contributed by atoms with Crippen molar-refractivity contribution in [2.75, 3.05) is 24.2 Å². The van der Waals surface area contributed by atoms with Gasteiger partial charge in [-0.15, -0.1) is 0 Å². The van der Waals surface area contributed by atoms with E-state index >= 15 is 0 Å². The van der Waals surface area contributed by atoms with Gasteiger partial charge in [0.05, 0.1) is 30.6 Å². The fourth-order valence-electron chi connectivity index (χ4n) is 5.82. The van der Waals surface area contributed by atoms with Gasteiger partial charge in [0, 0.05) is 36.2 Å². The molecule has 300 valence electrons. The predicted octanol–water partition coefficient (Wildman–Crippen LogP) is 3.59. The summed E-state index contributed by atoms with van der Waals surface area (Å²) in [5, 5.41) is 25.2. The summed E-state index contributed by atoms with van der Waals surface area (Å²) in [6.07, 6.45) is 0.735. The Labute approximate surface area is 318 Å². The van der Waals surface area contributed by atoms with E-state index < -0.39 is 63.8 Å². The summed E-state index contributed by atoms with van der Waals surface area (Å²) in [5.74, 6) is -2.23. The van der Waals surface area contributed by atoms with Gasteiger partial charge in [0.2, 0.25) is 5.95 Å². The van der Waals surface area contributed by atoms with Gasteiger partial charge in [0.1, 0.15) is 17.6 Å². The number of aromatic nitrogens is 4. The maximum Gasteiger partial charge on any atom is 0.303 e. The maximum absolute atomic E-state index is 14.2. The lowest BCUT2D eigenvalue weighted by molar-refractivity contribution is -0.138. The van der Waals surface area contributed by atoms with Crippen LogP contribution in [0.15, 0.2) is 45.6 Å². The molecule has 1 amide bonds. The number of ketones is 1. The molecular weight excluding hydrogens is 714 g/mol. The quantitative estimate of drug-likeness (QED) is 0.0437. The molecule has 3 aromatic rings. The summed E-state index contributed by atoms with van der Waals surface area (Å²) in [5.41, 5.74) is 5.20. The van der Waals surface area contributed by atoms with E-state index in [1.54, 1.807) is 79.7 Å². The second-order valence-electron chi connectivity index (χ2n) is 15.6. The highest BCUT2D eigenvalue weighted by molar-refractivity contribution is 6.00. The van der Waals surface area contributed by atoms with Crippen molar-refractivity contribution in [3.63, 3.8) is 0 Å². The first kappa shape index (κ1) is 44.1. The summed E-state index contributed by atoms with van der Waals surface area (Å²) in [4.78, 5) is 95.2. The molecule has 2 unspecified atom stereocenters. The molecule has 3 rings (SSSR count). The predicted molar refractivity (Wildman–Crippen MR) is 207 cm³/mol. The Morgan fingerprint density at radius 1 is 0.982 bits per heavy atom. The zero-order valence-electron chi connectivity index (χ0n) is 32.6. The standard InChI is InChI=1S/C36H53N11O8/c1-21(45-53)34(5,6)47-55-18-17-40-35(7,8)25(46-54)13-14-26(48)36(33(2,3)4,16-15-27(49)50)44-30(51)22-9-11-23(12-10-22)38-19-24-20-39-29-28(41-24)31(52)43-32(37)42-29/h9-12,20-21,25,38,40,47H,13-19H2,1-8H3,(H,44,51)(H,49,50)(H3,37,39,42,43,52)/t21?,25?,36-/m0/s1. The summed E-state index contributed by atoms with van der Waals surface area (Å²) in [6, 6.07) is 4.99. The molecule has 1 aromatic carbocycles. The van der Waals surface area contributed by atoms with Crippen molar-refractivity contribution in [3.8, 4) is 0 Å². The van der Waals surface area contributed by atoms with E-state index in [9.17, 15) is 34.1 Å². The van der Waals surface area contributed by atoms with Crippen LogP contribution in [-0.4, -0.2) is 84.6 Å². The molecule has 0 aliphatic rings. The Bertz CT molecular complexity index is 1890. The molecule has 2 heterocycles. The Hall–Kier alpha value is -5.27. The van der Waals surface area contributed by atoms with Crippen LogP contribution in [0.5, 0.6) is 0 Å². The number of hydrogen-bond acceptors (Lipinski definition) is 16. The average molecular weight is 768 g/mol. The fraction of sp³-hybridized carbons (Fsp3) is 0.583.